The van der Waals surface area contributed by atoms with E-state index in [1.54, 1.807) is 0 Å². The van der Waals surface area contributed by atoms with Crippen molar-refractivity contribution in [2.45, 2.75) is 69.1 Å². The van der Waals surface area contributed by atoms with Crippen molar-refractivity contribution >= 4 is 23.6 Å². The summed E-state index contributed by atoms with van der Waals surface area (Å²) in [6.07, 6.45) is 8.25. The van der Waals surface area contributed by atoms with Crippen LogP contribution in [0.25, 0.3) is 0 Å². The molecule has 0 heterocycles. The molecule has 5 heteroatoms. The Bertz CT molecular complexity index is 1450. The Morgan fingerprint density at radius 2 is 0.977 bits per heavy atom. The first-order valence-corrected chi connectivity index (χ1v) is 17.9. The summed E-state index contributed by atoms with van der Waals surface area (Å²) in [6.45, 7) is 13.9. The van der Waals surface area contributed by atoms with Gasteiger partial charge in [0.1, 0.15) is 0 Å². The molecule has 0 nitrogen and oxygen atoms in total. The molecule has 4 aromatic rings. The summed E-state index contributed by atoms with van der Waals surface area (Å²) >= 11 is 2.55. The number of benzene rings is 4. The minimum absolute atomic E-state index is 0. The van der Waals surface area contributed by atoms with E-state index in [0.717, 1.165) is 6.42 Å². The van der Waals surface area contributed by atoms with Crippen LogP contribution in [0.15, 0.2) is 127 Å². The summed E-state index contributed by atoms with van der Waals surface area (Å²) in [5.74, 6) is 1.41. The van der Waals surface area contributed by atoms with Crippen LogP contribution in [0, 0.1) is 0 Å². The zero-order chi connectivity index (χ0) is 29.2. The van der Waals surface area contributed by atoms with Crippen molar-refractivity contribution in [3.8, 4) is 0 Å². The predicted molar refractivity (Wildman–Crippen MR) is 176 cm³/mol. The summed E-state index contributed by atoms with van der Waals surface area (Å²) in [4.78, 5) is 0. The topological polar surface area (TPSA) is 0 Å². The second-order valence-corrected chi connectivity index (χ2v) is 18.6. The van der Waals surface area contributed by atoms with Gasteiger partial charge >= 0.3 is 262 Å². The SMILES string of the molecule is CC(C)c1cccc([Si](c2cccc(C(C)C)c2)(c2cccc(C(C)C)c2)[C]2([Ti+3])C=CC=C2Cc2ccccc2)c1.[Cl-].[Cl-].[Cl-]. The molecule has 4 aromatic carbocycles. The number of rotatable bonds is 9. The van der Waals surface area contributed by atoms with Crippen molar-refractivity contribution in [1.29, 1.82) is 0 Å². The maximum absolute atomic E-state index is 2.72. The molecular weight excluding hydrogens is 651 g/mol. The van der Waals surface area contributed by atoms with Crippen molar-refractivity contribution in [1.82, 2.24) is 0 Å². The maximum atomic E-state index is 2.55. The van der Waals surface area contributed by atoms with Gasteiger partial charge < -0.3 is 37.2 Å². The average molecular weight is 694 g/mol. The quantitative estimate of drug-likeness (QED) is 0.164. The van der Waals surface area contributed by atoms with Gasteiger partial charge in [0.25, 0.3) is 0 Å². The Hall–Kier alpha value is -1.84. The maximum Gasteiger partial charge on any atom is -1.00 e. The van der Waals surface area contributed by atoms with Crippen molar-refractivity contribution in [3.05, 3.63) is 149 Å². The Balaban J connectivity index is 0.00000225. The van der Waals surface area contributed by atoms with Crippen molar-refractivity contribution in [3.63, 3.8) is 0 Å². The molecule has 44 heavy (non-hydrogen) atoms. The van der Waals surface area contributed by atoms with Gasteiger partial charge in [-0.2, -0.15) is 0 Å². The molecule has 0 radical (unpaired) electrons. The van der Waals surface area contributed by atoms with Crippen molar-refractivity contribution in [2.24, 2.45) is 0 Å². The smallest absolute Gasteiger partial charge is 1.00 e. The predicted octanol–water partition coefficient (Wildman–Crippen LogP) is -0.477. The fourth-order valence-corrected chi connectivity index (χ4v) is 14.5. The van der Waals surface area contributed by atoms with Gasteiger partial charge in [-0.3, -0.25) is 0 Å². The third-order valence-corrected chi connectivity index (χ3v) is 16.7. The van der Waals surface area contributed by atoms with E-state index in [4.69, 9.17) is 0 Å². The summed E-state index contributed by atoms with van der Waals surface area (Å²) in [5, 5.41) is 4.50. The second kappa shape index (κ2) is 16.1. The van der Waals surface area contributed by atoms with E-state index >= 15 is 0 Å². The average Bonchev–Trinajstić information content (AvgIpc) is 3.35. The van der Waals surface area contributed by atoms with E-state index in [0.29, 0.717) is 17.8 Å². The number of halogens is 3. The molecule has 228 valence electrons. The van der Waals surface area contributed by atoms with Crippen LogP contribution in [0.5, 0.6) is 0 Å². The minimum atomic E-state index is -2.72. The molecule has 0 saturated heterocycles. The molecule has 0 amide bonds. The van der Waals surface area contributed by atoms with Crippen molar-refractivity contribution < 1.29 is 57.7 Å². The molecule has 0 fully saturated rings. The minimum Gasteiger partial charge on any atom is -1.00 e. The first-order chi connectivity index (χ1) is 19.7. The molecule has 0 aromatic heterocycles. The van der Waals surface area contributed by atoms with Gasteiger partial charge in [0, 0.05) is 0 Å². The molecular formula is C39H43Cl3SiTi. The molecule has 0 N–H and O–H groups in total. The number of allylic oxidation sites excluding steroid dienone is 4. The second-order valence-electron chi connectivity index (χ2n) is 12.6. The summed E-state index contributed by atoms with van der Waals surface area (Å²) in [7, 11) is -2.72. The van der Waals surface area contributed by atoms with Crippen LogP contribution in [0.1, 0.15) is 81.5 Å². The Labute approximate surface area is 297 Å². The monoisotopic (exact) mass is 692 g/mol. The molecule has 0 saturated carbocycles. The van der Waals surface area contributed by atoms with Gasteiger partial charge in [0.05, 0.1) is 0 Å². The molecule has 0 spiro atoms. The van der Waals surface area contributed by atoms with E-state index in [1.165, 1.54) is 43.4 Å². The molecule has 1 atom stereocenters. The fourth-order valence-electron chi connectivity index (χ4n) is 6.50. The Kier molecular flexibility index (Phi) is 14.1. The van der Waals surface area contributed by atoms with Gasteiger partial charge in [0.2, 0.25) is 0 Å². The largest absolute Gasteiger partial charge is 1.00 e. The van der Waals surface area contributed by atoms with Gasteiger partial charge in [0.15, 0.2) is 0 Å². The third-order valence-electron chi connectivity index (χ3n) is 8.94. The fraction of sp³-hybridized carbons (Fsp3) is 0.282. The first kappa shape index (κ1) is 38.3. The van der Waals surface area contributed by atoms with Crippen LogP contribution >= 0.6 is 0 Å². The van der Waals surface area contributed by atoms with Crippen molar-refractivity contribution in [2.75, 3.05) is 0 Å². The molecule has 5 rings (SSSR count). The van der Waals surface area contributed by atoms with Crippen LogP contribution in [-0.2, 0) is 26.9 Å². The van der Waals surface area contributed by atoms with Gasteiger partial charge in [-0.05, 0) is 0 Å². The molecule has 1 unspecified atom stereocenters. The zero-order valence-electron chi connectivity index (χ0n) is 26.6. The normalized spacial score (nSPS) is 15.9. The standard InChI is InChI=1S/C39H43Si.3ClH.Ti/c1-28(2)32-16-10-20-36(25-32)40(37-21-11-17-33(26-37)29(3)4,38-22-12-18-34(27-38)30(5)6)39-23-13-19-35(39)24-31-14-8-7-9-15-31;;;;/h7-23,25-30H,24H2,1-6H3;3*1H;/q;;;;+3/p-3. The molecule has 1 aliphatic rings. The van der Waals surface area contributed by atoms with Crippen LogP contribution in [-0.4, -0.2) is 8.07 Å². The van der Waals surface area contributed by atoms with E-state index in [2.05, 4.69) is 183 Å². The molecule has 0 bridgehead atoms. The number of hydrogen-bond donors (Lipinski definition) is 0. The van der Waals surface area contributed by atoms with E-state index < -0.39 is 8.07 Å². The zero-order valence-corrected chi connectivity index (χ0v) is 31.4. The third kappa shape index (κ3) is 7.25. The first-order valence-electron chi connectivity index (χ1n) is 15.2. The Morgan fingerprint density at radius 1 is 0.568 bits per heavy atom. The van der Waals surface area contributed by atoms with E-state index in [1.807, 2.05) is 0 Å². The Morgan fingerprint density at radius 3 is 1.36 bits per heavy atom. The van der Waals surface area contributed by atoms with Gasteiger partial charge in [-0.1, -0.05) is 0 Å². The van der Waals surface area contributed by atoms with Crippen LogP contribution in [0.3, 0.4) is 0 Å². The molecule has 1 aliphatic carbocycles. The van der Waals surface area contributed by atoms with E-state index in [-0.39, 0.29) is 40.6 Å². The summed E-state index contributed by atoms with van der Waals surface area (Å²) in [5.41, 5.74) is 7.13. The van der Waals surface area contributed by atoms with Gasteiger partial charge in [-0.15, -0.1) is 0 Å². The summed E-state index contributed by atoms with van der Waals surface area (Å²) in [6, 6.07) is 39.9. The van der Waals surface area contributed by atoms with Crippen LogP contribution < -0.4 is 52.8 Å². The summed E-state index contributed by atoms with van der Waals surface area (Å²) < 4.78 is -0.149. The molecule has 0 aliphatic heterocycles. The van der Waals surface area contributed by atoms with E-state index in [9.17, 15) is 0 Å². The van der Waals surface area contributed by atoms with Crippen LogP contribution in [0.2, 0.25) is 3.34 Å². The number of hydrogen-bond acceptors (Lipinski definition) is 0. The van der Waals surface area contributed by atoms with Gasteiger partial charge in [-0.25, -0.2) is 0 Å². The van der Waals surface area contributed by atoms with Crippen LogP contribution in [0.4, 0.5) is 0 Å².